The third-order valence-corrected chi connectivity index (χ3v) is 3.02. The number of carbonyl (C=O) groups is 1. The highest BCUT2D eigenvalue weighted by Gasteiger charge is 2.17. The van der Waals surface area contributed by atoms with Gasteiger partial charge in [0.1, 0.15) is 0 Å². The van der Waals surface area contributed by atoms with Gasteiger partial charge in [0, 0.05) is 20.2 Å². The minimum Gasteiger partial charge on any atom is -0.348 e. The average molecular weight is 275 g/mol. The molecule has 7 nitrogen and oxygen atoms in total. The van der Waals surface area contributed by atoms with Crippen LogP contribution < -0.4 is 10.9 Å². The van der Waals surface area contributed by atoms with E-state index in [4.69, 9.17) is 0 Å². The van der Waals surface area contributed by atoms with Crippen molar-refractivity contribution in [3.63, 3.8) is 0 Å². The molecule has 2 rings (SSSR count). The normalized spacial score (nSPS) is 12.2. The van der Waals surface area contributed by atoms with E-state index in [0.29, 0.717) is 12.2 Å². The Morgan fingerprint density at radius 3 is 2.75 bits per heavy atom. The first-order valence-electron chi connectivity index (χ1n) is 6.38. The van der Waals surface area contributed by atoms with Crippen molar-refractivity contribution < 1.29 is 4.79 Å². The lowest BCUT2D eigenvalue weighted by molar-refractivity contribution is -0.119. The molecule has 0 aromatic carbocycles. The van der Waals surface area contributed by atoms with Crippen LogP contribution in [0.25, 0.3) is 11.5 Å². The lowest BCUT2D eigenvalue weighted by Gasteiger charge is -2.13. The first kappa shape index (κ1) is 14.0. The Kier molecular flexibility index (Phi) is 3.97. The Morgan fingerprint density at radius 2 is 2.25 bits per heavy atom. The van der Waals surface area contributed by atoms with Gasteiger partial charge in [-0.15, -0.1) is 10.2 Å². The summed E-state index contributed by atoms with van der Waals surface area (Å²) in [6.45, 7) is 3.27. The van der Waals surface area contributed by atoms with Crippen molar-refractivity contribution in [2.75, 3.05) is 0 Å². The van der Waals surface area contributed by atoms with E-state index < -0.39 is 6.04 Å². The van der Waals surface area contributed by atoms with Gasteiger partial charge in [-0.1, -0.05) is 6.92 Å². The van der Waals surface area contributed by atoms with Crippen LogP contribution in [0.5, 0.6) is 0 Å². The zero-order valence-electron chi connectivity index (χ0n) is 11.7. The third-order valence-electron chi connectivity index (χ3n) is 3.02. The van der Waals surface area contributed by atoms with Crippen molar-refractivity contribution >= 4 is 5.91 Å². The molecular formula is C13H17N5O2. The van der Waals surface area contributed by atoms with Crippen LogP contribution in [0.15, 0.2) is 23.1 Å². The van der Waals surface area contributed by atoms with Gasteiger partial charge in [-0.25, -0.2) is 0 Å². The summed E-state index contributed by atoms with van der Waals surface area (Å²) in [7, 11) is 1.86. The number of hydrogen-bond donors (Lipinski definition) is 2. The number of rotatable bonds is 4. The topological polar surface area (TPSA) is 92.7 Å². The van der Waals surface area contributed by atoms with E-state index in [2.05, 4.69) is 20.5 Å². The summed E-state index contributed by atoms with van der Waals surface area (Å²) in [6, 6.07) is 3.27. The average Bonchev–Trinajstić information content (AvgIpc) is 2.82. The van der Waals surface area contributed by atoms with E-state index in [9.17, 15) is 9.59 Å². The number of aromatic amines is 1. The largest absolute Gasteiger partial charge is 0.348 e. The lowest BCUT2D eigenvalue weighted by atomic mass is 10.1. The highest BCUT2D eigenvalue weighted by molar-refractivity contribution is 5.73. The number of amides is 1. The SMILES string of the molecule is CCC(NC(C)=O)c1nnc(-c2cccn2C)[nH]c1=O. The van der Waals surface area contributed by atoms with Crippen molar-refractivity contribution in [3.05, 3.63) is 34.4 Å². The van der Waals surface area contributed by atoms with Crippen LogP contribution in [0.3, 0.4) is 0 Å². The summed E-state index contributed by atoms with van der Waals surface area (Å²) in [6.07, 6.45) is 2.43. The van der Waals surface area contributed by atoms with Gasteiger partial charge in [0.05, 0.1) is 11.7 Å². The molecule has 0 saturated carbocycles. The molecular weight excluding hydrogens is 258 g/mol. The van der Waals surface area contributed by atoms with Crippen molar-refractivity contribution in [2.24, 2.45) is 7.05 Å². The molecule has 0 aliphatic heterocycles. The molecule has 0 bridgehead atoms. The standard InChI is InChI=1S/C13H17N5O2/c1-4-9(14-8(2)19)11-13(20)15-12(17-16-11)10-6-5-7-18(10)3/h5-7,9H,4H2,1-3H3,(H,14,19)(H,15,17,20). The summed E-state index contributed by atoms with van der Waals surface area (Å²) in [5, 5.41) is 10.7. The Bertz CT molecular complexity index is 673. The maximum Gasteiger partial charge on any atom is 0.275 e. The Morgan fingerprint density at radius 1 is 1.50 bits per heavy atom. The molecule has 1 atom stereocenters. The fourth-order valence-corrected chi connectivity index (χ4v) is 2.01. The fourth-order valence-electron chi connectivity index (χ4n) is 2.01. The number of nitrogens with zero attached hydrogens (tertiary/aromatic N) is 3. The van der Waals surface area contributed by atoms with Crippen molar-refractivity contribution in [1.82, 2.24) is 25.1 Å². The van der Waals surface area contributed by atoms with Crippen LogP contribution in [0, 0.1) is 0 Å². The molecule has 2 N–H and O–H groups in total. The minimum absolute atomic E-state index is 0.204. The third kappa shape index (κ3) is 2.76. The molecule has 0 saturated heterocycles. The number of hydrogen-bond acceptors (Lipinski definition) is 4. The smallest absolute Gasteiger partial charge is 0.275 e. The Balaban J connectivity index is 2.37. The van der Waals surface area contributed by atoms with Crippen LogP contribution in [0.1, 0.15) is 32.0 Å². The van der Waals surface area contributed by atoms with Gasteiger partial charge in [0.25, 0.3) is 5.56 Å². The van der Waals surface area contributed by atoms with E-state index in [1.165, 1.54) is 6.92 Å². The van der Waals surface area contributed by atoms with Gasteiger partial charge in [-0.05, 0) is 18.6 Å². The molecule has 0 aliphatic rings. The Labute approximate surface area is 116 Å². The van der Waals surface area contributed by atoms with Gasteiger partial charge in [-0.3, -0.25) is 9.59 Å². The maximum atomic E-state index is 12.1. The molecule has 2 aromatic rings. The second-order valence-electron chi connectivity index (χ2n) is 4.55. The first-order chi connectivity index (χ1) is 9.52. The number of aryl methyl sites for hydroxylation is 1. The van der Waals surface area contributed by atoms with Gasteiger partial charge in [-0.2, -0.15) is 0 Å². The Hall–Kier alpha value is -2.44. The second-order valence-corrected chi connectivity index (χ2v) is 4.55. The van der Waals surface area contributed by atoms with Crippen LogP contribution in [0.4, 0.5) is 0 Å². The minimum atomic E-state index is -0.425. The molecule has 0 spiro atoms. The predicted molar refractivity (Wildman–Crippen MR) is 73.9 cm³/mol. The van der Waals surface area contributed by atoms with Gasteiger partial charge < -0.3 is 14.9 Å². The molecule has 0 aliphatic carbocycles. The van der Waals surface area contributed by atoms with Gasteiger partial charge >= 0.3 is 0 Å². The van der Waals surface area contributed by atoms with Crippen molar-refractivity contribution in [2.45, 2.75) is 26.3 Å². The van der Waals surface area contributed by atoms with E-state index in [1.54, 1.807) is 0 Å². The van der Waals surface area contributed by atoms with Crippen LogP contribution in [-0.4, -0.2) is 25.7 Å². The first-order valence-corrected chi connectivity index (χ1v) is 6.38. The molecule has 20 heavy (non-hydrogen) atoms. The molecule has 2 aromatic heterocycles. The summed E-state index contributed by atoms with van der Waals surface area (Å²) in [5.74, 6) is 0.202. The van der Waals surface area contributed by atoms with Gasteiger partial charge in [0.2, 0.25) is 5.91 Å². The number of carbonyl (C=O) groups excluding carboxylic acids is 1. The van der Waals surface area contributed by atoms with E-state index in [0.717, 1.165) is 5.69 Å². The number of aromatic nitrogens is 4. The molecule has 7 heteroatoms. The molecule has 1 amide bonds. The zero-order chi connectivity index (χ0) is 14.7. The summed E-state index contributed by atoms with van der Waals surface area (Å²) in [5.41, 5.74) is 0.659. The molecule has 0 radical (unpaired) electrons. The molecule has 106 valence electrons. The zero-order valence-corrected chi connectivity index (χ0v) is 11.7. The summed E-state index contributed by atoms with van der Waals surface area (Å²) in [4.78, 5) is 25.9. The van der Waals surface area contributed by atoms with E-state index in [-0.39, 0.29) is 17.2 Å². The van der Waals surface area contributed by atoms with Crippen LogP contribution in [0.2, 0.25) is 0 Å². The van der Waals surface area contributed by atoms with Crippen molar-refractivity contribution in [1.29, 1.82) is 0 Å². The van der Waals surface area contributed by atoms with E-state index >= 15 is 0 Å². The van der Waals surface area contributed by atoms with Crippen LogP contribution >= 0.6 is 0 Å². The highest BCUT2D eigenvalue weighted by atomic mass is 16.1. The fraction of sp³-hybridized carbons (Fsp3) is 0.385. The monoisotopic (exact) mass is 275 g/mol. The maximum absolute atomic E-state index is 12.1. The molecule has 2 heterocycles. The number of H-pyrrole nitrogens is 1. The van der Waals surface area contributed by atoms with E-state index in [1.807, 2.05) is 36.9 Å². The molecule has 0 fully saturated rings. The van der Waals surface area contributed by atoms with Gasteiger partial charge in [0.15, 0.2) is 11.5 Å². The second kappa shape index (κ2) is 5.68. The number of nitrogens with one attached hydrogen (secondary N) is 2. The lowest BCUT2D eigenvalue weighted by Crippen LogP contribution is -2.32. The summed E-state index contributed by atoms with van der Waals surface area (Å²) >= 11 is 0. The predicted octanol–water partition coefficient (Wildman–Crippen LogP) is 0.758. The highest BCUT2D eigenvalue weighted by Crippen LogP contribution is 2.14. The quantitative estimate of drug-likeness (QED) is 0.861. The van der Waals surface area contributed by atoms with Crippen LogP contribution in [-0.2, 0) is 11.8 Å². The summed E-state index contributed by atoms with van der Waals surface area (Å²) < 4.78 is 1.84. The molecule has 1 unspecified atom stereocenters. The van der Waals surface area contributed by atoms with Crippen molar-refractivity contribution in [3.8, 4) is 11.5 Å².